The summed E-state index contributed by atoms with van der Waals surface area (Å²) in [6.45, 7) is 0.978. The monoisotopic (exact) mass is 447 g/mol. The quantitative estimate of drug-likeness (QED) is 0.743. The van der Waals surface area contributed by atoms with Gasteiger partial charge in [0.05, 0.1) is 15.6 Å². The van der Waals surface area contributed by atoms with Crippen molar-refractivity contribution in [2.75, 3.05) is 18.0 Å². The summed E-state index contributed by atoms with van der Waals surface area (Å²) in [6, 6.07) is 8.44. The van der Waals surface area contributed by atoms with Crippen molar-refractivity contribution in [2.45, 2.75) is 24.2 Å². The first-order valence-electron chi connectivity index (χ1n) is 9.34. The van der Waals surface area contributed by atoms with E-state index in [0.717, 1.165) is 5.56 Å². The molecule has 156 valence electrons. The number of amides is 3. The number of anilines is 1. The third-order valence-electron chi connectivity index (χ3n) is 5.12. The maximum atomic E-state index is 12.7. The number of hydrogen-bond donors (Lipinski definition) is 2. The number of nitrogens with zero attached hydrogens (tertiary/aromatic N) is 1. The number of hydrogen-bond acceptors (Lipinski definition) is 5. The van der Waals surface area contributed by atoms with Crippen LogP contribution in [0.4, 0.5) is 5.69 Å². The van der Waals surface area contributed by atoms with Crippen LogP contribution in [0.5, 0.6) is 0 Å². The van der Waals surface area contributed by atoms with Crippen molar-refractivity contribution in [1.29, 1.82) is 0 Å². The number of carbonyl (C=O) groups is 3. The summed E-state index contributed by atoms with van der Waals surface area (Å²) in [5.41, 5.74) is 1.45. The van der Waals surface area contributed by atoms with Gasteiger partial charge in [-0.15, -0.1) is 0 Å². The molecular formula is C20H18ClN3O5S. The van der Waals surface area contributed by atoms with E-state index in [0.29, 0.717) is 43.1 Å². The number of benzene rings is 2. The minimum atomic E-state index is -4.21. The molecule has 0 unspecified atom stereocenters. The van der Waals surface area contributed by atoms with Crippen LogP contribution >= 0.6 is 11.6 Å². The molecule has 0 saturated carbocycles. The van der Waals surface area contributed by atoms with E-state index in [1.807, 2.05) is 4.72 Å². The molecule has 0 aromatic heterocycles. The maximum absolute atomic E-state index is 12.7. The van der Waals surface area contributed by atoms with Gasteiger partial charge in [0.25, 0.3) is 21.8 Å². The standard InChI is InChI=1S/C20H18ClN3O5S/c21-16-6-4-13(10-17(16)24-9-1-2-18(24)25)19(26)23-30(28,29)14-5-3-12-7-8-22-20(27)15(12)11-14/h3-6,10-11H,1-2,7-9H2,(H,22,27)(H,23,26). The molecule has 0 radical (unpaired) electrons. The van der Waals surface area contributed by atoms with Gasteiger partial charge in [-0.2, -0.15) is 0 Å². The molecule has 0 atom stereocenters. The molecule has 2 aromatic rings. The van der Waals surface area contributed by atoms with E-state index in [2.05, 4.69) is 5.32 Å². The average molecular weight is 448 g/mol. The number of sulfonamides is 1. The lowest BCUT2D eigenvalue weighted by Crippen LogP contribution is -2.33. The van der Waals surface area contributed by atoms with Crippen LogP contribution in [0, 0.1) is 0 Å². The summed E-state index contributed by atoms with van der Waals surface area (Å²) < 4.78 is 27.4. The SMILES string of the molecule is O=C(NS(=O)(=O)c1ccc2c(c1)C(=O)NCC2)c1ccc(Cl)c(N2CCCC2=O)c1. The Labute approximate surface area is 178 Å². The van der Waals surface area contributed by atoms with Crippen LogP contribution in [0.1, 0.15) is 39.1 Å². The predicted octanol–water partition coefficient (Wildman–Crippen LogP) is 1.87. The molecule has 2 heterocycles. The zero-order valence-corrected chi connectivity index (χ0v) is 17.3. The van der Waals surface area contributed by atoms with Gasteiger partial charge >= 0.3 is 0 Å². The molecule has 8 nitrogen and oxygen atoms in total. The smallest absolute Gasteiger partial charge is 0.265 e. The van der Waals surface area contributed by atoms with Gasteiger partial charge < -0.3 is 10.2 Å². The molecule has 0 bridgehead atoms. The van der Waals surface area contributed by atoms with Crippen molar-refractivity contribution in [3.8, 4) is 0 Å². The number of carbonyl (C=O) groups excluding carboxylic acids is 3. The molecule has 4 rings (SSSR count). The van der Waals surface area contributed by atoms with Gasteiger partial charge in [-0.05, 0) is 48.7 Å². The Bertz CT molecular complexity index is 1180. The Hall–Kier alpha value is -2.91. The van der Waals surface area contributed by atoms with Crippen LogP contribution < -0.4 is 14.9 Å². The first kappa shape index (κ1) is 20.4. The second-order valence-corrected chi connectivity index (χ2v) is 9.16. The first-order chi connectivity index (χ1) is 14.3. The minimum Gasteiger partial charge on any atom is -0.352 e. The van der Waals surface area contributed by atoms with Gasteiger partial charge in [0.1, 0.15) is 0 Å². The third kappa shape index (κ3) is 3.78. The van der Waals surface area contributed by atoms with E-state index in [9.17, 15) is 22.8 Å². The van der Waals surface area contributed by atoms with Crippen molar-refractivity contribution in [2.24, 2.45) is 0 Å². The molecule has 2 aromatic carbocycles. The van der Waals surface area contributed by atoms with Crippen LogP contribution in [0.25, 0.3) is 0 Å². The van der Waals surface area contributed by atoms with Gasteiger partial charge in [0, 0.05) is 30.6 Å². The molecule has 10 heteroatoms. The lowest BCUT2D eigenvalue weighted by Gasteiger charge is -2.18. The van der Waals surface area contributed by atoms with Crippen LogP contribution in [0.3, 0.4) is 0 Å². The van der Waals surface area contributed by atoms with Gasteiger partial charge in [-0.25, -0.2) is 13.1 Å². The Morgan fingerprint density at radius 1 is 1.10 bits per heavy atom. The number of fused-ring (bicyclic) bond motifs is 1. The Morgan fingerprint density at radius 3 is 2.63 bits per heavy atom. The van der Waals surface area contributed by atoms with E-state index < -0.39 is 15.9 Å². The van der Waals surface area contributed by atoms with Crippen molar-refractivity contribution in [1.82, 2.24) is 10.0 Å². The lowest BCUT2D eigenvalue weighted by molar-refractivity contribution is -0.117. The predicted molar refractivity (Wildman–Crippen MR) is 110 cm³/mol. The number of nitrogens with one attached hydrogen (secondary N) is 2. The van der Waals surface area contributed by atoms with Gasteiger partial charge in [-0.3, -0.25) is 14.4 Å². The zero-order chi connectivity index (χ0) is 21.5. The third-order valence-corrected chi connectivity index (χ3v) is 6.76. The topological polar surface area (TPSA) is 113 Å². The van der Waals surface area contributed by atoms with Gasteiger partial charge in [0.2, 0.25) is 5.91 Å². The van der Waals surface area contributed by atoms with Crippen molar-refractivity contribution < 1.29 is 22.8 Å². The largest absolute Gasteiger partial charge is 0.352 e. The summed E-state index contributed by atoms with van der Waals surface area (Å²) in [4.78, 5) is 37.9. The zero-order valence-electron chi connectivity index (χ0n) is 15.8. The highest BCUT2D eigenvalue weighted by Crippen LogP contribution is 2.30. The molecule has 3 amide bonds. The highest BCUT2D eigenvalue weighted by Gasteiger charge is 2.26. The van der Waals surface area contributed by atoms with E-state index in [-0.39, 0.29) is 27.8 Å². The van der Waals surface area contributed by atoms with Crippen LogP contribution in [-0.4, -0.2) is 39.2 Å². The Balaban J connectivity index is 1.60. The highest BCUT2D eigenvalue weighted by molar-refractivity contribution is 7.90. The molecule has 2 aliphatic rings. The summed E-state index contributed by atoms with van der Waals surface area (Å²) in [7, 11) is -4.21. The fourth-order valence-corrected chi connectivity index (χ4v) is 4.78. The summed E-state index contributed by atoms with van der Waals surface area (Å²) in [5, 5.41) is 2.96. The molecule has 0 aliphatic carbocycles. The summed E-state index contributed by atoms with van der Waals surface area (Å²) in [5.74, 6) is -1.31. The fraction of sp³-hybridized carbons (Fsp3) is 0.250. The summed E-state index contributed by atoms with van der Waals surface area (Å²) in [6.07, 6.45) is 1.69. The van der Waals surface area contributed by atoms with Crippen LogP contribution in [0.15, 0.2) is 41.3 Å². The average Bonchev–Trinajstić information content (AvgIpc) is 3.13. The van der Waals surface area contributed by atoms with Gasteiger partial charge in [0.15, 0.2) is 0 Å². The minimum absolute atomic E-state index is 0.0494. The van der Waals surface area contributed by atoms with E-state index in [1.54, 1.807) is 6.07 Å². The summed E-state index contributed by atoms with van der Waals surface area (Å²) >= 11 is 6.17. The molecular weight excluding hydrogens is 430 g/mol. The Morgan fingerprint density at radius 2 is 1.90 bits per heavy atom. The molecule has 2 aliphatic heterocycles. The van der Waals surface area contributed by atoms with E-state index >= 15 is 0 Å². The Kier molecular flexibility index (Phi) is 5.25. The highest BCUT2D eigenvalue weighted by atomic mass is 35.5. The van der Waals surface area contributed by atoms with Crippen molar-refractivity contribution >= 4 is 45.0 Å². The molecule has 0 spiro atoms. The number of rotatable bonds is 4. The second kappa shape index (κ2) is 7.73. The van der Waals surface area contributed by atoms with Gasteiger partial charge in [-0.1, -0.05) is 17.7 Å². The van der Waals surface area contributed by atoms with E-state index in [4.69, 9.17) is 11.6 Å². The fourth-order valence-electron chi connectivity index (χ4n) is 3.56. The molecule has 1 saturated heterocycles. The van der Waals surface area contributed by atoms with Crippen LogP contribution in [-0.2, 0) is 21.2 Å². The molecule has 30 heavy (non-hydrogen) atoms. The molecule has 1 fully saturated rings. The normalized spacial score (nSPS) is 16.2. The van der Waals surface area contributed by atoms with Crippen molar-refractivity contribution in [3.05, 3.63) is 58.1 Å². The molecule has 2 N–H and O–H groups in total. The van der Waals surface area contributed by atoms with E-state index in [1.165, 1.54) is 35.2 Å². The first-order valence-corrected chi connectivity index (χ1v) is 11.2. The maximum Gasteiger partial charge on any atom is 0.265 e. The van der Waals surface area contributed by atoms with Crippen LogP contribution in [0.2, 0.25) is 5.02 Å². The van der Waals surface area contributed by atoms with Crippen molar-refractivity contribution in [3.63, 3.8) is 0 Å². The second-order valence-electron chi connectivity index (χ2n) is 7.07. The lowest BCUT2D eigenvalue weighted by atomic mass is 10.0. The number of halogens is 1.